The smallest absolute Gasteiger partial charge is 0.409 e. The van der Waals surface area contributed by atoms with Gasteiger partial charge in [-0.3, -0.25) is 9.98 Å². The first-order chi connectivity index (χ1) is 19.0. The van der Waals surface area contributed by atoms with Crippen LogP contribution in [0.2, 0.25) is 0 Å². The molecule has 1 fully saturated rings. The molecular weight excluding hydrogens is 486 g/mol. The lowest BCUT2D eigenvalue weighted by molar-refractivity contribution is 0.158. The first kappa shape index (κ1) is 33.4. The van der Waals surface area contributed by atoms with Crippen LogP contribution in [0.15, 0.2) is 76.5 Å². The monoisotopic (exact) mass is 537 g/mol. The maximum Gasteiger partial charge on any atom is 0.409 e. The van der Waals surface area contributed by atoms with E-state index in [1.807, 2.05) is 72.0 Å². The lowest BCUT2D eigenvalue weighted by Gasteiger charge is -2.25. The highest BCUT2D eigenvalue weighted by Crippen LogP contribution is 2.25. The van der Waals surface area contributed by atoms with Crippen LogP contribution < -0.4 is 5.32 Å². The van der Waals surface area contributed by atoms with Crippen molar-refractivity contribution in [2.45, 2.75) is 59.9 Å². The molecule has 0 radical (unpaired) electrons. The van der Waals surface area contributed by atoms with Gasteiger partial charge in [0.05, 0.1) is 12.6 Å². The van der Waals surface area contributed by atoms with E-state index in [4.69, 9.17) is 9.73 Å². The summed E-state index contributed by atoms with van der Waals surface area (Å²) in [5.41, 5.74) is 5.36. The van der Waals surface area contributed by atoms with Crippen molar-refractivity contribution in [2.24, 2.45) is 9.98 Å². The van der Waals surface area contributed by atoms with E-state index < -0.39 is 0 Å². The fourth-order valence-electron chi connectivity index (χ4n) is 4.25. The summed E-state index contributed by atoms with van der Waals surface area (Å²) in [6.45, 7) is 15.9. The Morgan fingerprint density at radius 2 is 2.00 bits per heavy atom. The molecule has 2 aliphatic rings. The second-order valence-corrected chi connectivity index (χ2v) is 8.80. The van der Waals surface area contributed by atoms with Gasteiger partial charge >= 0.3 is 6.09 Å². The number of ether oxygens (including phenoxy) is 1. The molecule has 7 heteroatoms. The molecule has 2 aliphatic heterocycles. The van der Waals surface area contributed by atoms with Gasteiger partial charge in [0.1, 0.15) is 12.4 Å². The number of aliphatic imine (C=N–C) groups is 2. The van der Waals surface area contributed by atoms with Gasteiger partial charge in [0.2, 0.25) is 0 Å². The third-order valence-electron chi connectivity index (χ3n) is 6.01. The molecule has 2 heterocycles. The summed E-state index contributed by atoms with van der Waals surface area (Å²) in [5.74, 6) is 0.848. The number of unbranched alkanes of at least 4 members (excludes halogenated alkanes) is 1. The SMILES string of the molecule is C=C/C(=C\N(C)C)c1cccc(C2=NC(CCCCN3CCOC3=O)C(/C(C=NC)=C/C)=CN2)c1.CC.CC.[HH]. The summed E-state index contributed by atoms with van der Waals surface area (Å²) in [6.07, 6.45) is 12.5. The van der Waals surface area contributed by atoms with E-state index in [2.05, 4.69) is 53.6 Å². The molecule has 1 N–H and O–H groups in total. The predicted molar refractivity (Wildman–Crippen MR) is 170 cm³/mol. The van der Waals surface area contributed by atoms with E-state index >= 15 is 0 Å². The molecule has 1 aromatic carbocycles. The Bertz CT molecular complexity index is 1070. The number of amides is 1. The van der Waals surface area contributed by atoms with Crippen molar-refractivity contribution in [3.63, 3.8) is 0 Å². The van der Waals surface area contributed by atoms with Crippen LogP contribution in [-0.2, 0) is 4.74 Å². The normalized spacial score (nSPS) is 17.2. The van der Waals surface area contributed by atoms with E-state index in [0.29, 0.717) is 13.2 Å². The molecule has 0 saturated carbocycles. The first-order valence-corrected chi connectivity index (χ1v) is 14.1. The van der Waals surface area contributed by atoms with E-state index in [-0.39, 0.29) is 13.6 Å². The quantitative estimate of drug-likeness (QED) is 0.188. The summed E-state index contributed by atoms with van der Waals surface area (Å²) in [7, 11) is 5.79. The summed E-state index contributed by atoms with van der Waals surface area (Å²) in [6, 6.07) is 8.35. The number of nitrogens with zero attached hydrogens (tertiary/aromatic N) is 4. The van der Waals surface area contributed by atoms with Crippen LogP contribution in [0, 0.1) is 0 Å². The predicted octanol–water partition coefficient (Wildman–Crippen LogP) is 6.95. The van der Waals surface area contributed by atoms with Gasteiger partial charge in [-0.05, 0) is 49.0 Å². The Hall–Kier alpha value is -3.61. The van der Waals surface area contributed by atoms with Gasteiger partial charge in [-0.25, -0.2) is 4.79 Å². The number of carbonyl (C=O) groups excluding carboxylic acids is 1. The van der Waals surface area contributed by atoms with Gasteiger partial charge in [0, 0.05) is 58.9 Å². The van der Waals surface area contributed by atoms with Gasteiger partial charge < -0.3 is 19.9 Å². The second kappa shape index (κ2) is 18.6. The lowest BCUT2D eigenvalue weighted by Crippen LogP contribution is -2.30. The minimum atomic E-state index is -0.204. The van der Waals surface area contributed by atoms with Crippen LogP contribution >= 0.6 is 0 Å². The van der Waals surface area contributed by atoms with E-state index in [1.54, 1.807) is 11.9 Å². The van der Waals surface area contributed by atoms with Crippen molar-refractivity contribution in [2.75, 3.05) is 40.8 Å². The molecular formula is C32H51N5O2. The van der Waals surface area contributed by atoms with Crippen molar-refractivity contribution < 1.29 is 11.0 Å². The molecule has 1 unspecified atom stereocenters. The maximum absolute atomic E-state index is 11.7. The van der Waals surface area contributed by atoms with Crippen molar-refractivity contribution in [1.29, 1.82) is 0 Å². The van der Waals surface area contributed by atoms with Gasteiger partial charge in [0.15, 0.2) is 0 Å². The molecule has 3 rings (SSSR count). The molecule has 0 aliphatic carbocycles. The minimum absolute atomic E-state index is 0. The van der Waals surface area contributed by atoms with Crippen LogP contribution in [0.3, 0.4) is 0 Å². The average molecular weight is 538 g/mol. The molecule has 0 aromatic heterocycles. The molecule has 1 atom stereocenters. The van der Waals surface area contributed by atoms with Crippen LogP contribution in [-0.4, -0.2) is 74.8 Å². The maximum atomic E-state index is 11.7. The minimum Gasteiger partial charge on any atom is -0.448 e. The number of cyclic esters (lactones) is 1. The summed E-state index contributed by atoms with van der Waals surface area (Å²) < 4.78 is 5.03. The Kier molecular flexibility index (Phi) is 15.9. The molecule has 0 bridgehead atoms. The summed E-state index contributed by atoms with van der Waals surface area (Å²) in [5, 5.41) is 3.41. The van der Waals surface area contributed by atoms with Crippen LogP contribution in [0.1, 0.15) is 66.4 Å². The van der Waals surface area contributed by atoms with Crippen molar-refractivity contribution in [3.05, 3.63) is 77.7 Å². The van der Waals surface area contributed by atoms with Crippen molar-refractivity contribution in [1.82, 2.24) is 15.1 Å². The Labute approximate surface area is 238 Å². The number of rotatable bonds is 11. The third-order valence-corrected chi connectivity index (χ3v) is 6.01. The molecule has 0 spiro atoms. The number of allylic oxidation sites excluding steroid dienone is 3. The van der Waals surface area contributed by atoms with Crippen LogP contribution in [0.25, 0.3) is 5.57 Å². The van der Waals surface area contributed by atoms with Crippen molar-refractivity contribution in [3.8, 4) is 0 Å². The van der Waals surface area contributed by atoms with Crippen LogP contribution in [0.5, 0.6) is 0 Å². The van der Waals surface area contributed by atoms with Gasteiger partial charge in [-0.2, -0.15) is 0 Å². The molecule has 1 aromatic rings. The number of benzene rings is 1. The highest BCUT2D eigenvalue weighted by atomic mass is 16.6. The fourth-order valence-corrected chi connectivity index (χ4v) is 4.25. The topological polar surface area (TPSA) is 69.5 Å². The molecule has 1 saturated heterocycles. The molecule has 1 amide bonds. The zero-order valence-electron chi connectivity index (χ0n) is 25.3. The number of hydrogen-bond donors (Lipinski definition) is 1. The molecule has 39 heavy (non-hydrogen) atoms. The lowest BCUT2D eigenvalue weighted by atomic mass is 9.94. The zero-order valence-corrected chi connectivity index (χ0v) is 25.3. The number of carbonyl (C=O) groups is 1. The number of nitrogens with one attached hydrogen (secondary N) is 1. The van der Waals surface area contributed by atoms with E-state index in [1.165, 1.54) is 0 Å². The highest BCUT2D eigenvalue weighted by Gasteiger charge is 2.23. The van der Waals surface area contributed by atoms with Gasteiger partial charge in [-0.1, -0.05) is 64.6 Å². The largest absolute Gasteiger partial charge is 0.448 e. The zero-order chi connectivity index (χ0) is 29.2. The highest BCUT2D eigenvalue weighted by molar-refractivity contribution is 6.01. The first-order valence-electron chi connectivity index (χ1n) is 14.1. The fraction of sp³-hybridized carbons (Fsp3) is 0.469. The Morgan fingerprint density at radius 1 is 1.26 bits per heavy atom. The van der Waals surface area contributed by atoms with Crippen LogP contribution in [0.4, 0.5) is 4.79 Å². The number of hydrogen-bond acceptors (Lipinski definition) is 6. The number of amidine groups is 1. The molecule has 7 nitrogen and oxygen atoms in total. The standard InChI is InChI=1S/C28H37N5O2.2C2H6.H2/c1-6-21(18-29-3)25-19-30-27(24-12-10-11-23(17-24)22(7-2)20-32(4)5)31-26(25)13-8-9-14-33-15-16-35-28(33)34;2*1-2;/h6-7,10-12,17-20,26H,2,8-9,13-16H2,1,3-5H3,(H,30,31);2*1-2H3;1H/b21-6+,22-20+,29-18?;;;. The summed E-state index contributed by atoms with van der Waals surface area (Å²) >= 11 is 0. The summed E-state index contributed by atoms with van der Waals surface area (Å²) in [4.78, 5) is 24.9. The Morgan fingerprint density at radius 3 is 2.59 bits per heavy atom. The van der Waals surface area contributed by atoms with E-state index in [0.717, 1.165) is 59.5 Å². The Balaban J connectivity index is 0.00000291. The van der Waals surface area contributed by atoms with Gasteiger partial charge in [-0.15, -0.1) is 0 Å². The molecule has 216 valence electrons. The van der Waals surface area contributed by atoms with Gasteiger partial charge in [0.25, 0.3) is 0 Å². The third kappa shape index (κ3) is 10.2. The van der Waals surface area contributed by atoms with Crippen molar-refractivity contribution >= 4 is 23.7 Å². The van der Waals surface area contributed by atoms with E-state index in [9.17, 15) is 4.79 Å². The second-order valence-electron chi connectivity index (χ2n) is 8.80. The average Bonchev–Trinajstić information content (AvgIpc) is 3.39.